The van der Waals surface area contributed by atoms with Crippen LogP contribution in [0.15, 0.2) is 18.2 Å². The number of nitrogens with one attached hydrogen (secondary N) is 1. The molecule has 0 aliphatic carbocycles. The summed E-state index contributed by atoms with van der Waals surface area (Å²) in [6.45, 7) is 4.30. The summed E-state index contributed by atoms with van der Waals surface area (Å²) in [6.07, 6.45) is -4.59. The molecule has 0 aromatic heterocycles. The molecule has 6 nitrogen and oxygen atoms in total. The Kier molecular flexibility index (Phi) is 6.02. The van der Waals surface area contributed by atoms with E-state index in [-0.39, 0.29) is 11.5 Å². The van der Waals surface area contributed by atoms with Gasteiger partial charge in [-0.05, 0) is 31.0 Å². The molecule has 0 aliphatic rings. The zero-order valence-electron chi connectivity index (χ0n) is 13.9. The van der Waals surface area contributed by atoms with Crippen molar-refractivity contribution in [2.24, 2.45) is 5.92 Å². The van der Waals surface area contributed by atoms with E-state index in [0.717, 1.165) is 6.07 Å². The summed E-state index contributed by atoms with van der Waals surface area (Å²) in [5.41, 5.74) is 2.61. The third-order valence-corrected chi connectivity index (χ3v) is 3.72. The first-order valence-electron chi connectivity index (χ1n) is 7.27. The summed E-state index contributed by atoms with van der Waals surface area (Å²) in [5.74, 6) is -1.94. The first kappa shape index (κ1) is 20.3. The highest BCUT2D eigenvalue weighted by Crippen LogP contribution is 2.31. The van der Waals surface area contributed by atoms with Crippen molar-refractivity contribution in [2.45, 2.75) is 32.5 Å². The van der Waals surface area contributed by atoms with Crippen LogP contribution in [0.5, 0.6) is 0 Å². The van der Waals surface area contributed by atoms with Gasteiger partial charge in [-0.15, -0.1) is 0 Å². The van der Waals surface area contributed by atoms with Gasteiger partial charge >= 0.3 is 12.1 Å². The van der Waals surface area contributed by atoms with Gasteiger partial charge in [-0.3, -0.25) is 4.79 Å². The zero-order valence-corrected chi connectivity index (χ0v) is 13.9. The van der Waals surface area contributed by atoms with E-state index >= 15 is 0 Å². The van der Waals surface area contributed by atoms with Crippen molar-refractivity contribution in [2.75, 3.05) is 12.3 Å². The summed E-state index contributed by atoms with van der Waals surface area (Å²) in [5, 5.41) is 11.5. The number of nitrogen functional groups attached to an aromatic ring is 1. The number of hydrogen-bond acceptors (Lipinski definition) is 5. The molecule has 0 fully saturated rings. The van der Waals surface area contributed by atoms with Gasteiger partial charge in [0.15, 0.2) is 6.61 Å². The molecule has 1 aromatic carbocycles. The molecule has 0 spiro atoms. The molecule has 0 saturated heterocycles. The van der Waals surface area contributed by atoms with E-state index in [9.17, 15) is 22.8 Å². The summed E-state index contributed by atoms with van der Waals surface area (Å²) >= 11 is 0. The molecular formula is C16H18F3N3O3. The van der Waals surface area contributed by atoms with Crippen LogP contribution in [-0.2, 0) is 15.7 Å². The Morgan fingerprint density at radius 1 is 1.36 bits per heavy atom. The summed E-state index contributed by atoms with van der Waals surface area (Å²) in [4.78, 5) is 23.7. The second-order valence-electron chi connectivity index (χ2n) is 5.89. The lowest BCUT2D eigenvalue weighted by molar-refractivity contribution is -0.137. The number of ether oxygens (including phenoxy) is 1. The standard InChI is InChI=1S/C16H18F3N3O3/c1-9(2)15(3,8-20)22-13(23)7-25-14(24)11-5-4-10(6-12(11)21)16(17,18)19/h4-6,9H,7,21H2,1-3H3,(H,22,23)/t15-/m0/s1. The minimum absolute atomic E-state index is 0.192. The fraction of sp³-hybridized carbons (Fsp3) is 0.438. The number of nitrogens with zero attached hydrogens (tertiary/aromatic N) is 1. The van der Waals surface area contributed by atoms with E-state index in [2.05, 4.69) is 5.32 Å². The first-order valence-corrected chi connectivity index (χ1v) is 7.27. The molecule has 1 rings (SSSR count). The second kappa shape index (κ2) is 7.42. The van der Waals surface area contributed by atoms with Gasteiger partial charge in [0, 0.05) is 5.69 Å². The fourth-order valence-corrected chi connectivity index (χ4v) is 1.76. The van der Waals surface area contributed by atoms with Crippen molar-refractivity contribution in [3.8, 4) is 6.07 Å². The van der Waals surface area contributed by atoms with Crippen molar-refractivity contribution < 1.29 is 27.5 Å². The van der Waals surface area contributed by atoms with Gasteiger partial charge in [0.2, 0.25) is 0 Å². The second-order valence-corrected chi connectivity index (χ2v) is 5.89. The van der Waals surface area contributed by atoms with Gasteiger partial charge in [0.1, 0.15) is 5.54 Å². The Bertz CT molecular complexity index is 711. The molecule has 0 saturated carbocycles. The number of esters is 1. The lowest BCUT2D eigenvalue weighted by Gasteiger charge is -2.27. The van der Waals surface area contributed by atoms with E-state index in [1.54, 1.807) is 13.8 Å². The Morgan fingerprint density at radius 2 is 1.96 bits per heavy atom. The van der Waals surface area contributed by atoms with Crippen molar-refractivity contribution >= 4 is 17.6 Å². The van der Waals surface area contributed by atoms with Crippen molar-refractivity contribution in [1.82, 2.24) is 5.32 Å². The van der Waals surface area contributed by atoms with Crippen LogP contribution in [0.1, 0.15) is 36.7 Å². The van der Waals surface area contributed by atoms with Gasteiger partial charge in [-0.2, -0.15) is 18.4 Å². The number of halogens is 3. The smallest absolute Gasteiger partial charge is 0.416 e. The highest BCUT2D eigenvalue weighted by molar-refractivity contribution is 5.96. The largest absolute Gasteiger partial charge is 0.452 e. The van der Waals surface area contributed by atoms with E-state index < -0.39 is 41.4 Å². The van der Waals surface area contributed by atoms with Crippen LogP contribution in [0.25, 0.3) is 0 Å². The maximum absolute atomic E-state index is 12.6. The number of alkyl halides is 3. The molecule has 0 unspecified atom stereocenters. The quantitative estimate of drug-likeness (QED) is 0.622. The minimum Gasteiger partial charge on any atom is -0.452 e. The van der Waals surface area contributed by atoms with Crippen LogP contribution in [-0.4, -0.2) is 24.0 Å². The first-order chi connectivity index (χ1) is 11.4. The monoisotopic (exact) mass is 357 g/mol. The van der Waals surface area contributed by atoms with Crippen LogP contribution >= 0.6 is 0 Å². The number of benzene rings is 1. The predicted molar refractivity (Wildman–Crippen MR) is 83.1 cm³/mol. The Hall–Kier alpha value is -2.76. The van der Waals surface area contributed by atoms with Gasteiger partial charge in [-0.1, -0.05) is 13.8 Å². The number of rotatable bonds is 5. The molecule has 0 bridgehead atoms. The molecule has 0 aliphatic heterocycles. The third kappa shape index (κ3) is 5.11. The molecule has 25 heavy (non-hydrogen) atoms. The summed E-state index contributed by atoms with van der Waals surface area (Å²) in [6, 6.07) is 4.15. The van der Waals surface area contributed by atoms with E-state index in [1.165, 1.54) is 6.92 Å². The zero-order chi connectivity index (χ0) is 19.4. The maximum atomic E-state index is 12.6. The molecule has 1 amide bonds. The molecule has 1 aromatic rings. The number of amides is 1. The molecule has 3 N–H and O–H groups in total. The Morgan fingerprint density at radius 3 is 2.40 bits per heavy atom. The average molecular weight is 357 g/mol. The number of nitrogens with two attached hydrogens (primary N) is 1. The van der Waals surface area contributed by atoms with Gasteiger partial charge in [-0.25, -0.2) is 4.79 Å². The van der Waals surface area contributed by atoms with E-state index in [0.29, 0.717) is 12.1 Å². The molecule has 0 radical (unpaired) electrons. The molecular weight excluding hydrogens is 339 g/mol. The Labute approximate surface area is 142 Å². The number of hydrogen-bond donors (Lipinski definition) is 2. The summed E-state index contributed by atoms with van der Waals surface area (Å²) < 4.78 is 42.4. The number of carbonyl (C=O) groups excluding carboxylic acids is 2. The third-order valence-electron chi connectivity index (χ3n) is 3.72. The number of carbonyl (C=O) groups is 2. The molecule has 136 valence electrons. The van der Waals surface area contributed by atoms with Crippen molar-refractivity contribution in [3.05, 3.63) is 29.3 Å². The van der Waals surface area contributed by atoms with Crippen LogP contribution in [0.3, 0.4) is 0 Å². The SMILES string of the molecule is CC(C)[C@](C)(C#N)NC(=O)COC(=O)c1ccc(C(F)(F)F)cc1N. The average Bonchev–Trinajstić information content (AvgIpc) is 2.51. The van der Waals surface area contributed by atoms with Crippen LogP contribution < -0.4 is 11.1 Å². The van der Waals surface area contributed by atoms with E-state index in [1.807, 2.05) is 6.07 Å². The van der Waals surface area contributed by atoms with Crippen LogP contribution in [0.2, 0.25) is 0 Å². The Balaban J connectivity index is 2.75. The predicted octanol–water partition coefficient (Wildman–Crippen LogP) is 2.50. The van der Waals surface area contributed by atoms with Crippen LogP contribution in [0.4, 0.5) is 18.9 Å². The lowest BCUT2D eigenvalue weighted by atomic mass is 9.90. The van der Waals surface area contributed by atoms with Gasteiger partial charge in [0.25, 0.3) is 5.91 Å². The number of nitriles is 1. The van der Waals surface area contributed by atoms with Crippen molar-refractivity contribution in [1.29, 1.82) is 5.26 Å². The fourth-order valence-electron chi connectivity index (χ4n) is 1.76. The van der Waals surface area contributed by atoms with Gasteiger partial charge in [0.05, 0.1) is 17.2 Å². The highest BCUT2D eigenvalue weighted by atomic mass is 19.4. The molecule has 9 heteroatoms. The topological polar surface area (TPSA) is 105 Å². The van der Waals surface area contributed by atoms with Gasteiger partial charge < -0.3 is 15.8 Å². The maximum Gasteiger partial charge on any atom is 0.416 e. The normalized spacial score (nSPS) is 13.7. The molecule has 1 atom stereocenters. The van der Waals surface area contributed by atoms with Crippen LogP contribution in [0, 0.1) is 17.2 Å². The number of anilines is 1. The minimum atomic E-state index is -4.59. The van der Waals surface area contributed by atoms with E-state index in [4.69, 9.17) is 15.7 Å². The highest BCUT2D eigenvalue weighted by Gasteiger charge is 2.32. The van der Waals surface area contributed by atoms with Crippen molar-refractivity contribution in [3.63, 3.8) is 0 Å². The lowest BCUT2D eigenvalue weighted by Crippen LogP contribution is -2.50. The molecule has 0 heterocycles. The summed E-state index contributed by atoms with van der Waals surface area (Å²) in [7, 11) is 0.